The monoisotopic (exact) mass is 412 g/mol. The van der Waals surface area contributed by atoms with Crippen LogP contribution in [0.15, 0.2) is 40.8 Å². The van der Waals surface area contributed by atoms with Gasteiger partial charge in [0, 0.05) is 37.8 Å². The maximum Gasteiger partial charge on any atom is 0.354 e. The Hall–Kier alpha value is -3.53. The van der Waals surface area contributed by atoms with E-state index >= 15 is 0 Å². The lowest BCUT2D eigenvalue weighted by molar-refractivity contribution is -0.132. The Kier molecular flexibility index (Phi) is 8.04. The second-order valence-corrected chi connectivity index (χ2v) is 6.64. The van der Waals surface area contributed by atoms with E-state index in [1.807, 2.05) is 24.3 Å². The van der Waals surface area contributed by atoms with Gasteiger partial charge in [0.1, 0.15) is 15.3 Å². The number of benzene rings is 1. The van der Waals surface area contributed by atoms with E-state index in [1.54, 1.807) is 20.1 Å². The number of ether oxygens (including phenoxy) is 1. The molecular formula is C20H20N4O4S. The van der Waals surface area contributed by atoms with Crippen LogP contribution in [0.25, 0.3) is 11.5 Å². The summed E-state index contributed by atoms with van der Waals surface area (Å²) in [6, 6.07) is 9.14. The minimum atomic E-state index is -1.39. The van der Waals surface area contributed by atoms with Gasteiger partial charge in [-0.15, -0.1) is 0 Å². The Labute approximate surface area is 171 Å². The predicted octanol–water partition coefficient (Wildman–Crippen LogP) is 0.907. The number of nitrogens with zero attached hydrogens (tertiary/aromatic N) is 2. The van der Waals surface area contributed by atoms with E-state index in [2.05, 4.69) is 22.1 Å². The number of carboxylic acid groups (broad SMARTS) is 1. The molecule has 0 saturated heterocycles. The van der Waals surface area contributed by atoms with Gasteiger partial charge in [-0.05, 0) is 25.1 Å². The number of aromatic nitrogens is 1. The molecule has 0 fully saturated rings. The summed E-state index contributed by atoms with van der Waals surface area (Å²) < 4.78 is 6.89. The number of thiazole rings is 1. The summed E-state index contributed by atoms with van der Waals surface area (Å²) in [7, 11) is 1.64. The molecule has 9 heteroatoms. The zero-order valence-corrected chi connectivity index (χ0v) is 16.8. The van der Waals surface area contributed by atoms with Gasteiger partial charge in [0.05, 0.1) is 6.61 Å². The van der Waals surface area contributed by atoms with Crippen LogP contribution in [0.1, 0.15) is 6.92 Å². The van der Waals surface area contributed by atoms with E-state index in [-0.39, 0.29) is 14.8 Å². The predicted molar refractivity (Wildman–Crippen MR) is 112 cm³/mol. The zero-order valence-electron chi connectivity index (χ0n) is 16.0. The van der Waals surface area contributed by atoms with Crippen LogP contribution < -0.4 is 25.4 Å². The number of carboxylic acids is 1. The van der Waals surface area contributed by atoms with Crippen molar-refractivity contribution < 1.29 is 14.6 Å². The lowest BCUT2D eigenvalue weighted by Crippen LogP contribution is -2.30. The quantitative estimate of drug-likeness (QED) is 0.335. The lowest BCUT2D eigenvalue weighted by Gasteiger charge is -2.07. The summed E-state index contributed by atoms with van der Waals surface area (Å²) >= 11 is 1.02. The number of carbonyl (C=O) groups is 1. The Morgan fingerprint density at radius 2 is 2.17 bits per heavy atom. The third kappa shape index (κ3) is 5.98. The highest BCUT2D eigenvalue weighted by molar-refractivity contribution is 7.07. The number of aliphatic carboxylic acids is 1. The molecule has 0 unspecified atom stereocenters. The van der Waals surface area contributed by atoms with Crippen molar-refractivity contribution >= 4 is 40.1 Å². The first-order valence-corrected chi connectivity index (χ1v) is 9.50. The van der Waals surface area contributed by atoms with Crippen molar-refractivity contribution in [2.45, 2.75) is 13.5 Å². The average molecular weight is 412 g/mol. The molecule has 0 aliphatic rings. The molecule has 2 aromatic rings. The summed E-state index contributed by atoms with van der Waals surface area (Å²) in [4.78, 5) is 23.5. The van der Waals surface area contributed by atoms with Crippen LogP contribution in [-0.4, -0.2) is 35.9 Å². The number of rotatable bonds is 8. The standard InChI is InChI=1S/C20H20N4O4S/c1-3-24-18(11-14(13-21)20(26)27)29-17(19(24)25)7-8-22-15-5-4-6-16(12-15)23-9-10-28-2/h4-6,8,12,22-23H,3,9-10H2,1-2H3,(H,26,27). The second kappa shape index (κ2) is 10.7. The first-order chi connectivity index (χ1) is 14.0. The van der Waals surface area contributed by atoms with Gasteiger partial charge >= 0.3 is 5.97 Å². The van der Waals surface area contributed by atoms with Gasteiger partial charge in [-0.3, -0.25) is 9.36 Å². The third-order valence-corrected chi connectivity index (χ3v) is 4.71. The Balaban J connectivity index is 2.39. The highest BCUT2D eigenvalue weighted by atomic mass is 32.1. The van der Waals surface area contributed by atoms with Gasteiger partial charge in [0.2, 0.25) is 0 Å². The Bertz CT molecular complexity index is 1180. The van der Waals surface area contributed by atoms with E-state index in [0.717, 1.165) is 22.7 Å². The SMILES string of the molecule is CCn1c(=C=C(C#N)C(=O)O)sc(=C=CNc2cccc(NCCOC)c2)c1=O. The minimum Gasteiger partial charge on any atom is -0.477 e. The van der Waals surface area contributed by atoms with Crippen molar-refractivity contribution in [1.82, 2.24) is 4.57 Å². The van der Waals surface area contributed by atoms with E-state index in [1.165, 1.54) is 10.8 Å². The van der Waals surface area contributed by atoms with Crippen LogP contribution in [0.3, 0.4) is 0 Å². The first kappa shape index (κ1) is 21.8. The molecule has 3 N–H and O–H groups in total. The van der Waals surface area contributed by atoms with Crippen LogP contribution in [0.5, 0.6) is 0 Å². The van der Waals surface area contributed by atoms with Crippen molar-refractivity contribution in [3.8, 4) is 6.07 Å². The van der Waals surface area contributed by atoms with Crippen molar-refractivity contribution in [3.63, 3.8) is 0 Å². The van der Waals surface area contributed by atoms with Crippen LogP contribution in [0.4, 0.5) is 11.4 Å². The molecule has 1 heterocycles. The number of nitriles is 1. The fraction of sp³-hybridized carbons (Fsp3) is 0.250. The van der Waals surface area contributed by atoms with Crippen LogP contribution in [0.2, 0.25) is 0 Å². The van der Waals surface area contributed by atoms with Gasteiger partial charge in [-0.2, -0.15) is 5.26 Å². The molecular weight excluding hydrogens is 392 g/mol. The molecule has 0 amide bonds. The van der Waals surface area contributed by atoms with Gasteiger partial charge in [0.15, 0.2) is 5.57 Å². The highest BCUT2D eigenvalue weighted by Gasteiger charge is 2.06. The molecule has 29 heavy (non-hydrogen) atoms. The summed E-state index contributed by atoms with van der Waals surface area (Å²) in [6.07, 6.45) is 1.51. The van der Waals surface area contributed by atoms with Gasteiger partial charge in [0.25, 0.3) is 5.56 Å². The first-order valence-electron chi connectivity index (χ1n) is 8.68. The fourth-order valence-electron chi connectivity index (χ4n) is 2.32. The lowest BCUT2D eigenvalue weighted by atomic mass is 10.3. The minimum absolute atomic E-state index is 0.261. The van der Waals surface area contributed by atoms with E-state index in [4.69, 9.17) is 15.1 Å². The molecule has 0 radical (unpaired) electrons. The molecule has 0 aliphatic carbocycles. The summed E-state index contributed by atoms with van der Waals surface area (Å²) in [5, 5.41) is 24.1. The molecule has 0 spiro atoms. The third-order valence-electron chi connectivity index (χ3n) is 3.70. The van der Waals surface area contributed by atoms with Crippen molar-refractivity contribution in [2.24, 2.45) is 0 Å². The maximum absolute atomic E-state index is 12.5. The van der Waals surface area contributed by atoms with Crippen LogP contribution in [0, 0.1) is 11.3 Å². The van der Waals surface area contributed by atoms with E-state index < -0.39 is 11.5 Å². The highest BCUT2D eigenvalue weighted by Crippen LogP contribution is 2.14. The van der Waals surface area contributed by atoms with Crippen molar-refractivity contribution in [3.05, 3.63) is 55.6 Å². The number of methoxy groups -OCH3 is 1. The van der Waals surface area contributed by atoms with Crippen LogP contribution in [-0.2, 0) is 16.1 Å². The summed E-state index contributed by atoms with van der Waals surface area (Å²) in [6.45, 7) is 3.35. The van der Waals surface area contributed by atoms with Gasteiger partial charge in [-0.1, -0.05) is 28.9 Å². The van der Waals surface area contributed by atoms with Crippen molar-refractivity contribution in [1.29, 1.82) is 5.26 Å². The number of nitrogens with one attached hydrogen (secondary N) is 2. The Morgan fingerprint density at radius 3 is 2.83 bits per heavy atom. The number of anilines is 2. The topological polar surface area (TPSA) is 116 Å². The Morgan fingerprint density at radius 1 is 1.41 bits per heavy atom. The smallest absolute Gasteiger partial charge is 0.354 e. The molecule has 2 rings (SSSR count). The van der Waals surface area contributed by atoms with E-state index in [9.17, 15) is 9.59 Å². The molecule has 8 nitrogen and oxygen atoms in total. The van der Waals surface area contributed by atoms with Crippen LogP contribution >= 0.6 is 11.3 Å². The molecule has 0 atom stereocenters. The second-order valence-electron chi connectivity index (χ2n) is 5.64. The molecule has 150 valence electrons. The largest absolute Gasteiger partial charge is 0.477 e. The molecule has 1 aromatic heterocycles. The zero-order chi connectivity index (χ0) is 21.2. The fourth-order valence-corrected chi connectivity index (χ4v) is 3.30. The van der Waals surface area contributed by atoms with Gasteiger partial charge < -0.3 is 20.5 Å². The van der Waals surface area contributed by atoms with E-state index in [0.29, 0.717) is 19.7 Å². The normalized spacial score (nSPS) is 9.69. The number of hydrogen-bond acceptors (Lipinski definition) is 7. The van der Waals surface area contributed by atoms with Gasteiger partial charge in [-0.25, -0.2) is 4.79 Å². The average Bonchev–Trinajstić information content (AvgIpc) is 3.01. The molecule has 0 aliphatic heterocycles. The molecule has 1 aromatic carbocycles. The van der Waals surface area contributed by atoms with Crippen molar-refractivity contribution in [2.75, 3.05) is 30.9 Å². The molecule has 0 bridgehead atoms. The molecule has 0 saturated carbocycles. The maximum atomic E-state index is 12.5. The summed E-state index contributed by atoms with van der Waals surface area (Å²) in [5.74, 6) is -1.39. The number of hydrogen-bond donors (Lipinski definition) is 3. The summed E-state index contributed by atoms with van der Waals surface area (Å²) in [5.41, 5.74) is 6.22.